The van der Waals surface area contributed by atoms with E-state index in [0.717, 1.165) is 37.2 Å². The predicted molar refractivity (Wildman–Crippen MR) is 190 cm³/mol. The molecule has 1 amide bonds. The van der Waals surface area contributed by atoms with Crippen molar-refractivity contribution in [3.63, 3.8) is 0 Å². The van der Waals surface area contributed by atoms with Crippen LogP contribution in [-0.4, -0.2) is 36.3 Å². The third-order valence-corrected chi connectivity index (χ3v) is 10.6. The molecule has 0 spiro atoms. The molecule has 0 fully saturated rings. The van der Waals surface area contributed by atoms with Gasteiger partial charge in [-0.05, 0) is 52.2 Å². The predicted octanol–water partition coefficient (Wildman–Crippen LogP) is 8.55. The van der Waals surface area contributed by atoms with Crippen LogP contribution in [-0.2, 0) is 17.0 Å². The molecule has 0 saturated carbocycles. The molecule has 0 aliphatic carbocycles. The molecule has 0 atom stereocenters. The number of hydrogen-bond donors (Lipinski definition) is 1. The van der Waals surface area contributed by atoms with Gasteiger partial charge in [0.25, 0.3) is 5.69 Å². The standard InChI is InChI=1S/C35H26N6O3S3/c42-33(36-26-15-18-30-31(20-26)47-35(37-30)46-21-23-13-16-28(17-14-23)41(43)44)22-45-34-39-38-32(40(34)27-10-2-1-3-11-27)19-25-9-6-8-24-7-4-5-12-29(24)25/h1-18,20H,19,21-22H2,(H,36,42). The second-order valence-electron chi connectivity index (χ2n) is 10.6. The van der Waals surface area contributed by atoms with E-state index in [4.69, 9.17) is 4.98 Å². The highest BCUT2D eigenvalue weighted by atomic mass is 32.2. The molecule has 0 aliphatic heterocycles. The Bertz CT molecular complexity index is 2210. The number of nitro benzene ring substituents is 1. The Kier molecular flexibility index (Phi) is 8.96. The summed E-state index contributed by atoms with van der Waals surface area (Å²) >= 11 is 4.46. The van der Waals surface area contributed by atoms with Gasteiger partial charge in [-0.15, -0.1) is 21.5 Å². The average Bonchev–Trinajstić information content (AvgIpc) is 3.70. The van der Waals surface area contributed by atoms with E-state index in [1.807, 2.05) is 65.2 Å². The lowest BCUT2D eigenvalue weighted by Crippen LogP contribution is -2.14. The van der Waals surface area contributed by atoms with Crippen molar-refractivity contribution in [3.05, 3.63) is 142 Å². The van der Waals surface area contributed by atoms with Crippen LogP contribution >= 0.6 is 34.9 Å². The van der Waals surface area contributed by atoms with Gasteiger partial charge in [-0.25, -0.2) is 4.98 Å². The summed E-state index contributed by atoms with van der Waals surface area (Å²) in [4.78, 5) is 28.3. The first-order chi connectivity index (χ1) is 23.0. The van der Waals surface area contributed by atoms with Gasteiger partial charge in [-0.2, -0.15) is 0 Å². The molecule has 9 nitrogen and oxygen atoms in total. The lowest BCUT2D eigenvalue weighted by atomic mass is 10.0. The molecule has 1 N–H and O–H groups in total. The maximum atomic E-state index is 13.1. The molecule has 0 bridgehead atoms. The quantitative estimate of drug-likeness (QED) is 0.0825. The van der Waals surface area contributed by atoms with Crippen LogP contribution < -0.4 is 5.32 Å². The molecule has 232 valence electrons. The molecule has 0 radical (unpaired) electrons. The van der Waals surface area contributed by atoms with Crippen LogP contribution in [0.4, 0.5) is 11.4 Å². The Balaban J connectivity index is 1.02. The number of carbonyl (C=O) groups excluding carboxylic acids is 1. The van der Waals surface area contributed by atoms with Gasteiger partial charge < -0.3 is 5.32 Å². The van der Waals surface area contributed by atoms with Gasteiger partial charge in [0.05, 0.1) is 20.9 Å². The number of amides is 1. The van der Waals surface area contributed by atoms with E-state index in [1.165, 1.54) is 34.7 Å². The fourth-order valence-corrected chi connectivity index (χ4v) is 8.03. The van der Waals surface area contributed by atoms with Crippen molar-refractivity contribution in [1.29, 1.82) is 0 Å². The lowest BCUT2D eigenvalue weighted by molar-refractivity contribution is -0.384. The molecule has 0 saturated heterocycles. The van der Waals surface area contributed by atoms with Crippen molar-refractivity contribution in [2.24, 2.45) is 0 Å². The molecule has 5 aromatic carbocycles. The minimum Gasteiger partial charge on any atom is -0.325 e. The minimum atomic E-state index is -0.402. The van der Waals surface area contributed by atoms with Crippen LogP contribution in [0, 0.1) is 10.1 Å². The maximum absolute atomic E-state index is 13.1. The number of non-ortho nitro benzene ring substituents is 1. The van der Waals surface area contributed by atoms with Crippen LogP contribution in [0.3, 0.4) is 0 Å². The van der Waals surface area contributed by atoms with Gasteiger partial charge in [0.2, 0.25) is 5.91 Å². The zero-order valence-electron chi connectivity index (χ0n) is 24.8. The number of nitro groups is 1. The molecule has 2 aromatic heterocycles. The van der Waals surface area contributed by atoms with Gasteiger partial charge in [0.1, 0.15) is 5.82 Å². The summed E-state index contributed by atoms with van der Waals surface area (Å²) in [5.74, 6) is 1.46. The number of para-hydroxylation sites is 1. The van der Waals surface area contributed by atoms with E-state index in [1.54, 1.807) is 35.2 Å². The van der Waals surface area contributed by atoms with Crippen molar-refractivity contribution in [1.82, 2.24) is 19.7 Å². The molecule has 7 rings (SSSR count). The van der Waals surface area contributed by atoms with Gasteiger partial charge >= 0.3 is 0 Å². The molecule has 0 aliphatic rings. The Hall–Kier alpha value is -5.04. The molecular weight excluding hydrogens is 649 g/mol. The average molecular weight is 675 g/mol. The molecule has 47 heavy (non-hydrogen) atoms. The van der Waals surface area contributed by atoms with Crippen LogP contribution in [0.25, 0.3) is 26.7 Å². The highest BCUT2D eigenvalue weighted by molar-refractivity contribution is 8.00. The second kappa shape index (κ2) is 13.8. The number of rotatable bonds is 11. The normalized spacial score (nSPS) is 11.2. The van der Waals surface area contributed by atoms with E-state index in [2.05, 4.69) is 45.8 Å². The lowest BCUT2D eigenvalue weighted by Gasteiger charge is -2.11. The number of thioether (sulfide) groups is 2. The van der Waals surface area contributed by atoms with Crippen molar-refractivity contribution in [2.45, 2.75) is 21.7 Å². The Morgan fingerprint density at radius 3 is 2.49 bits per heavy atom. The summed E-state index contributed by atoms with van der Waals surface area (Å²) < 4.78 is 3.87. The topological polar surface area (TPSA) is 116 Å². The van der Waals surface area contributed by atoms with Crippen LogP contribution in [0.15, 0.2) is 125 Å². The van der Waals surface area contributed by atoms with Crippen LogP contribution in [0.1, 0.15) is 17.0 Å². The summed E-state index contributed by atoms with van der Waals surface area (Å²) in [6, 6.07) is 36.8. The first-order valence-corrected chi connectivity index (χ1v) is 17.4. The summed E-state index contributed by atoms with van der Waals surface area (Å²) in [7, 11) is 0. The highest BCUT2D eigenvalue weighted by Crippen LogP contribution is 2.33. The SMILES string of the molecule is O=C(CSc1nnc(Cc2cccc3ccccc23)n1-c1ccccc1)Nc1ccc2nc(SCc3ccc([N+](=O)[O-])cc3)sc2c1. The van der Waals surface area contributed by atoms with Crippen molar-refractivity contribution < 1.29 is 9.72 Å². The molecule has 7 aromatic rings. The number of carbonyl (C=O) groups is 1. The van der Waals surface area contributed by atoms with Crippen molar-refractivity contribution in [3.8, 4) is 5.69 Å². The first-order valence-electron chi connectivity index (χ1n) is 14.7. The fraction of sp³-hybridized carbons (Fsp3) is 0.0857. The Morgan fingerprint density at radius 2 is 1.66 bits per heavy atom. The van der Waals surface area contributed by atoms with Gasteiger partial charge in [-0.1, -0.05) is 96.3 Å². The summed E-state index contributed by atoms with van der Waals surface area (Å²) in [6.07, 6.45) is 0.596. The minimum absolute atomic E-state index is 0.0754. The smallest absolute Gasteiger partial charge is 0.269 e. The van der Waals surface area contributed by atoms with E-state index in [-0.39, 0.29) is 17.3 Å². The molecular formula is C35H26N6O3S3. The Labute approximate surface area is 282 Å². The van der Waals surface area contributed by atoms with E-state index >= 15 is 0 Å². The monoisotopic (exact) mass is 674 g/mol. The van der Waals surface area contributed by atoms with Crippen molar-refractivity contribution >= 4 is 73.1 Å². The van der Waals surface area contributed by atoms with Crippen LogP contribution in [0.5, 0.6) is 0 Å². The fourth-order valence-electron chi connectivity index (χ4n) is 5.19. The van der Waals surface area contributed by atoms with E-state index in [9.17, 15) is 14.9 Å². The van der Waals surface area contributed by atoms with E-state index < -0.39 is 4.92 Å². The van der Waals surface area contributed by atoms with Crippen molar-refractivity contribution in [2.75, 3.05) is 11.1 Å². The summed E-state index contributed by atoms with van der Waals surface area (Å²) in [6.45, 7) is 0. The number of benzene rings is 5. The number of hydrogen-bond acceptors (Lipinski definition) is 9. The number of nitrogens with zero attached hydrogens (tertiary/aromatic N) is 5. The van der Waals surface area contributed by atoms with Crippen LogP contribution in [0.2, 0.25) is 0 Å². The zero-order chi connectivity index (χ0) is 32.2. The Morgan fingerprint density at radius 1 is 0.872 bits per heavy atom. The summed E-state index contributed by atoms with van der Waals surface area (Å²) in [5.41, 5.74) is 4.70. The van der Waals surface area contributed by atoms with Gasteiger partial charge in [0.15, 0.2) is 9.50 Å². The second-order valence-corrected chi connectivity index (χ2v) is 13.8. The third kappa shape index (κ3) is 7.04. The molecule has 2 heterocycles. The number of thiazole rings is 1. The maximum Gasteiger partial charge on any atom is 0.269 e. The number of fused-ring (bicyclic) bond motifs is 2. The first kappa shape index (κ1) is 30.6. The number of aromatic nitrogens is 4. The third-order valence-electron chi connectivity index (χ3n) is 7.44. The van der Waals surface area contributed by atoms with Gasteiger partial charge in [0, 0.05) is 35.7 Å². The molecule has 0 unspecified atom stereocenters. The largest absolute Gasteiger partial charge is 0.325 e. The zero-order valence-corrected chi connectivity index (χ0v) is 27.2. The number of nitrogens with one attached hydrogen (secondary N) is 1. The number of anilines is 1. The van der Waals surface area contributed by atoms with Gasteiger partial charge in [-0.3, -0.25) is 19.5 Å². The summed E-state index contributed by atoms with van der Waals surface area (Å²) in [5, 5.41) is 26.0. The van der Waals surface area contributed by atoms with E-state index in [0.29, 0.717) is 23.0 Å². The highest BCUT2D eigenvalue weighted by Gasteiger charge is 2.18. The molecule has 12 heteroatoms.